The fraction of sp³-hybridized carbons (Fsp3) is 0.125. The van der Waals surface area contributed by atoms with E-state index in [9.17, 15) is 9.90 Å². The molecule has 5 nitrogen and oxygen atoms in total. The summed E-state index contributed by atoms with van der Waals surface area (Å²) in [6.07, 6.45) is 0. The van der Waals surface area contributed by atoms with Gasteiger partial charge in [0.15, 0.2) is 0 Å². The summed E-state index contributed by atoms with van der Waals surface area (Å²) in [5.74, 6) is 0.205. The summed E-state index contributed by atoms with van der Waals surface area (Å²) in [6.45, 7) is 1.56. The third-order valence-electron chi connectivity index (χ3n) is 2.81. The van der Waals surface area contributed by atoms with E-state index in [1.807, 2.05) is 0 Å². The van der Waals surface area contributed by atoms with Gasteiger partial charge in [-0.1, -0.05) is 23.2 Å². The highest BCUT2D eigenvalue weighted by molar-refractivity contribution is 6.36. The van der Waals surface area contributed by atoms with Crippen LogP contribution in [0.4, 0.5) is 0 Å². The van der Waals surface area contributed by atoms with Gasteiger partial charge >= 0.3 is 0 Å². The Kier molecular flexibility index (Phi) is 6.88. The molecule has 1 amide bonds. The van der Waals surface area contributed by atoms with Gasteiger partial charge in [-0.15, -0.1) is 0 Å². The maximum Gasteiger partial charge on any atom is 0.248 e. The van der Waals surface area contributed by atoms with E-state index >= 15 is 0 Å². The number of hydrogen-bond acceptors (Lipinski definition) is 4. The second-order valence-electron chi connectivity index (χ2n) is 4.50. The number of amides is 1. The molecule has 0 spiro atoms. The van der Waals surface area contributed by atoms with Gasteiger partial charge in [0.2, 0.25) is 5.91 Å². The predicted molar refractivity (Wildman–Crippen MR) is 92.1 cm³/mol. The van der Waals surface area contributed by atoms with E-state index in [0.29, 0.717) is 16.1 Å². The molecule has 2 aromatic rings. The van der Waals surface area contributed by atoms with E-state index in [1.165, 1.54) is 12.1 Å². The summed E-state index contributed by atoms with van der Waals surface area (Å²) in [5, 5.41) is 17.2. The SMILES string of the molecule is CC(=N)c1cc(Cl)cc(Cl)c1O.COc1ccc(C(N)=O)cc1. The summed E-state index contributed by atoms with van der Waals surface area (Å²) in [5.41, 5.74) is 6.12. The Balaban J connectivity index is 0.000000231. The van der Waals surface area contributed by atoms with Gasteiger partial charge in [0.25, 0.3) is 0 Å². The average molecular weight is 355 g/mol. The Morgan fingerprint density at radius 2 is 1.78 bits per heavy atom. The number of aromatic hydroxyl groups is 1. The lowest BCUT2D eigenvalue weighted by Gasteiger charge is -2.04. The van der Waals surface area contributed by atoms with Gasteiger partial charge < -0.3 is 21.0 Å². The Labute approximate surface area is 144 Å². The lowest BCUT2D eigenvalue weighted by Crippen LogP contribution is -2.10. The molecule has 0 unspecified atom stereocenters. The van der Waals surface area contributed by atoms with Crippen LogP contribution in [-0.2, 0) is 0 Å². The topological polar surface area (TPSA) is 96.4 Å². The van der Waals surface area contributed by atoms with E-state index in [1.54, 1.807) is 38.3 Å². The average Bonchev–Trinajstić information content (AvgIpc) is 2.51. The number of carbonyl (C=O) groups excluding carboxylic acids is 1. The standard InChI is InChI=1S/C8H7Cl2NO.C8H9NO2/c1-4(11)6-2-5(9)3-7(10)8(6)12;1-11-7-4-2-6(3-5-7)8(9)10/h2-3,11-12H,1H3;2-5H,1H3,(H2,9,10). The molecule has 2 aromatic carbocycles. The number of phenols is 1. The first-order valence-corrected chi connectivity index (χ1v) is 7.19. The summed E-state index contributed by atoms with van der Waals surface area (Å²) in [6, 6.07) is 9.58. The van der Waals surface area contributed by atoms with Crippen molar-refractivity contribution < 1.29 is 14.6 Å². The van der Waals surface area contributed by atoms with Crippen molar-refractivity contribution in [3.63, 3.8) is 0 Å². The van der Waals surface area contributed by atoms with E-state index in [4.69, 9.17) is 39.1 Å². The zero-order valence-corrected chi connectivity index (χ0v) is 14.1. The molecule has 23 heavy (non-hydrogen) atoms. The second kappa shape index (κ2) is 8.41. The zero-order valence-electron chi connectivity index (χ0n) is 12.6. The number of ether oxygens (including phenoxy) is 1. The van der Waals surface area contributed by atoms with E-state index in [0.717, 1.165) is 5.75 Å². The van der Waals surface area contributed by atoms with Crippen LogP contribution in [0.5, 0.6) is 11.5 Å². The Morgan fingerprint density at radius 1 is 1.22 bits per heavy atom. The number of rotatable bonds is 3. The molecular formula is C16H16Cl2N2O3. The molecule has 0 heterocycles. The zero-order chi connectivity index (χ0) is 17.6. The number of primary amides is 1. The minimum atomic E-state index is -0.423. The Bertz CT molecular complexity index is 716. The summed E-state index contributed by atoms with van der Waals surface area (Å²) < 4.78 is 4.90. The molecule has 0 aliphatic heterocycles. The first-order valence-electron chi connectivity index (χ1n) is 6.43. The molecule has 122 valence electrons. The summed E-state index contributed by atoms with van der Waals surface area (Å²) in [7, 11) is 1.57. The van der Waals surface area contributed by atoms with Crippen LogP contribution in [-0.4, -0.2) is 23.8 Å². The maximum absolute atomic E-state index is 10.6. The van der Waals surface area contributed by atoms with Gasteiger partial charge in [0.1, 0.15) is 11.5 Å². The van der Waals surface area contributed by atoms with Crippen molar-refractivity contribution in [2.45, 2.75) is 6.92 Å². The van der Waals surface area contributed by atoms with Crippen LogP contribution in [0.25, 0.3) is 0 Å². The van der Waals surface area contributed by atoms with Gasteiger partial charge in [0.05, 0.1) is 12.1 Å². The molecule has 4 N–H and O–H groups in total. The van der Waals surface area contributed by atoms with Gasteiger partial charge in [0, 0.05) is 21.9 Å². The van der Waals surface area contributed by atoms with E-state index < -0.39 is 5.91 Å². The van der Waals surface area contributed by atoms with E-state index in [2.05, 4.69) is 0 Å². The van der Waals surface area contributed by atoms with Crippen molar-refractivity contribution in [1.82, 2.24) is 0 Å². The normalized spacial score (nSPS) is 9.57. The quantitative estimate of drug-likeness (QED) is 0.729. The van der Waals surface area contributed by atoms with Crippen LogP contribution in [0.3, 0.4) is 0 Å². The Hall–Kier alpha value is -2.24. The smallest absolute Gasteiger partial charge is 0.248 e. The van der Waals surface area contributed by atoms with Crippen LogP contribution in [0.15, 0.2) is 36.4 Å². The molecular weight excluding hydrogens is 339 g/mol. The molecule has 0 radical (unpaired) electrons. The Morgan fingerprint density at radius 3 is 2.22 bits per heavy atom. The molecule has 0 aliphatic rings. The van der Waals surface area contributed by atoms with Crippen LogP contribution in [0.1, 0.15) is 22.8 Å². The summed E-state index contributed by atoms with van der Waals surface area (Å²) in [4.78, 5) is 10.6. The lowest BCUT2D eigenvalue weighted by molar-refractivity contribution is 0.100. The number of nitrogens with two attached hydrogens (primary N) is 1. The highest BCUT2D eigenvalue weighted by atomic mass is 35.5. The van der Waals surface area contributed by atoms with Crippen molar-refractivity contribution in [2.75, 3.05) is 7.11 Å². The second-order valence-corrected chi connectivity index (χ2v) is 5.35. The molecule has 0 aliphatic carbocycles. The molecule has 7 heteroatoms. The van der Waals surface area contributed by atoms with Crippen molar-refractivity contribution in [3.05, 3.63) is 57.6 Å². The highest BCUT2D eigenvalue weighted by Gasteiger charge is 2.08. The minimum Gasteiger partial charge on any atom is -0.506 e. The van der Waals surface area contributed by atoms with Crippen molar-refractivity contribution in [3.8, 4) is 11.5 Å². The first kappa shape index (κ1) is 18.8. The van der Waals surface area contributed by atoms with Gasteiger partial charge in [-0.2, -0.15) is 0 Å². The number of methoxy groups -OCH3 is 1. The number of phenolic OH excluding ortho intramolecular Hbond substituents is 1. The van der Waals surface area contributed by atoms with Gasteiger partial charge in [-0.05, 0) is 43.3 Å². The lowest BCUT2D eigenvalue weighted by atomic mass is 10.1. The fourth-order valence-electron chi connectivity index (χ4n) is 1.61. The molecule has 2 rings (SSSR count). The van der Waals surface area contributed by atoms with Crippen LogP contribution >= 0.6 is 23.2 Å². The number of halogens is 2. The third-order valence-corrected chi connectivity index (χ3v) is 3.31. The fourth-order valence-corrected chi connectivity index (χ4v) is 2.10. The number of carbonyl (C=O) groups is 1. The number of nitrogens with one attached hydrogen (secondary N) is 1. The molecule has 0 atom stereocenters. The molecule has 0 fully saturated rings. The van der Waals surface area contributed by atoms with Gasteiger partial charge in [-0.3, -0.25) is 4.79 Å². The first-order chi connectivity index (χ1) is 10.8. The molecule has 0 aromatic heterocycles. The molecule has 0 saturated carbocycles. The molecule has 0 bridgehead atoms. The largest absolute Gasteiger partial charge is 0.506 e. The maximum atomic E-state index is 10.6. The van der Waals surface area contributed by atoms with Crippen molar-refractivity contribution >= 4 is 34.8 Å². The number of benzene rings is 2. The number of hydrogen-bond donors (Lipinski definition) is 3. The van der Waals surface area contributed by atoms with Crippen LogP contribution in [0, 0.1) is 5.41 Å². The minimum absolute atomic E-state index is 0.0893. The van der Waals surface area contributed by atoms with Crippen LogP contribution < -0.4 is 10.5 Å². The highest BCUT2D eigenvalue weighted by Crippen LogP contribution is 2.31. The monoisotopic (exact) mass is 354 g/mol. The molecule has 0 saturated heterocycles. The van der Waals surface area contributed by atoms with Crippen molar-refractivity contribution in [2.24, 2.45) is 5.73 Å². The van der Waals surface area contributed by atoms with Crippen LogP contribution in [0.2, 0.25) is 10.0 Å². The van der Waals surface area contributed by atoms with Crippen molar-refractivity contribution in [1.29, 1.82) is 5.41 Å². The third kappa shape index (κ3) is 5.47. The predicted octanol–water partition coefficient (Wildman–Crippen LogP) is 3.88. The van der Waals surface area contributed by atoms with E-state index in [-0.39, 0.29) is 16.5 Å². The van der Waals surface area contributed by atoms with Gasteiger partial charge in [-0.25, -0.2) is 0 Å². The summed E-state index contributed by atoms with van der Waals surface area (Å²) >= 11 is 11.3.